The maximum atomic E-state index is 11.8. The van der Waals surface area contributed by atoms with Gasteiger partial charge in [0.1, 0.15) is 5.56 Å². The van der Waals surface area contributed by atoms with Gasteiger partial charge in [-0.15, -0.1) is 0 Å². The molecule has 100 valence electrons. The monoisotopic (exact) mass is 273 g/mol. The van der Waals surface area contributed by atoms with E-state index in [0.29, 0.717) is 12.8 Å². The molecule has 1 aliphatic rings. The molecule has 0 spiro atoms. The number of aromatic nitrogens is 2. The van der Waals surface area contributed by atoms with Crippen molar-refractivity contribution in [2.75, 3.05) is 11.3 Å². The summed E-state index contributed by atoms with van der Waals surface area (Å²) in [5.41, 5.74) is 0.128. The fourth-order valence-electron chi connectivity index (χ4n) is 1.51. The van der Waals surface area contributed by atoms with E-state index in [-0.39, 0.29) is 23.2 Å². The van der Waals surface area contributed by atoms with Crippen molar-refractivity contribution in [3.8, 4) is 0 Å². The van der Waals surface area contributed by atoms with Crippen molar-refractivity contribution >= 4 is 21.8 Å². The van der Waals surface area contributed by atoms with Gasteiger partial charge in [0.15, 0.2) is 5.82 Å². The quantitative estimate of drug-likeness (QED) is 0.789. The summed E-state index contributed by atoms with van der Waals surface area (Å²) in [5, 5.41) is 3.51. The van der Waals surface area contributed by atoms with Crippen LogP contribution in [0.15, 0.2) is 6.20 Å². The minimum Gasteiger partial charge on any atom is -0.462 e. The summed E-state index contributed by atoms with van der Waals surface area (Å²) < 4.78 is 32.2. The van der Waals surface area contributed by atoms with Crippen molar-refractivity contribution < 1.29 is 17.9 Å². The van der Waals surface area contributed by atoms with Crippen LogP contribution < -0.4 is 4.72 Å². The van der Waals surface area contributed by atoms with Gasteiger partial charge in [0, 0.05) is 7.05 Å². The topological polar surface area (TPSA) is 90.3 Å². The minimum absolute atomic E-state index is 0.128. The highest BCUT2D eigenvalue weighted by molar-refractivity contribution is 7.93. The van der Waals surface area contributed by atoms with Crippen molar-refractivity contribution in [3.63, 3.8) is 0 Å². The molecule has 0 radical (unpaired) electrons. The van der Waals surface area contributed by atoms with Crippen LogP contribution in [0.1, 0.15) is 30.1 Å². The highest BCUT2D eigenvalue weighted by atomic mass is 32.2. The van der Waals surface area contributed by atoms with Crippen LogP contribution in [0.3, 0.4) is 0 Å². The van der Waals surface area contributed by atoms with Gasteiger partial charge in [-0.25, -0.2) is 13.2 Å². The van der Waals surface area contributed by atoms with Crippen LogP contribution in [0.2, 0.25) is 0 Å². The van der Waals surface area contributed by atoms with E-state index in [9.17, 15) is 13.2 Å². The summed E-state index contributed by atoms with van der Waals surface area (Å²) in [6, 6.07) is 0. The average Bonchev–Trinajstić information content (AvgIpc) is 3.07. The van der Waals surface area contributed by atoms with E-state index in [0.717, 1.165) is 0 Å². The molecule has 1 fully saturated rings. The lowest BCUT2D eigenvalue weighted by Crippen LogP contribution is -2.21. The van der Waals surface area contributed by atoms with Crippen LogP contribution >= 0.6 is 0 Å². The van der Waals surface area contributed by atoms with Gasteiger partial charge in [-0.1, -0.05) is 0 Å². The molecule has 1 aliphatic carbocycles. The molecule has 1 N–H and O–H groups in total. The maximum absolute atomic E-state index is 11.8. The van der Waals surface area contributed by atoms with Gasteiger partial charge in [0.2, 0.25) is 10.0 Å². The molecule has 1 saturated carbocycles. The molecule has 8 heteroatoms. The standard InChI is InChI=1S/C10H15N3O4S/c1-3-17-10(14)8-6-11-13(2)9(8)12-18(15,16)7-4-5-7/h6-7,12H,3-5H2,1-2H3. The normalized spacial score (nSPS) is 15.4. The highest BCUT2D eigenvalue weighted by Crippen LogP contribution is 2.30. The van der Waals surface area contributed by atoms with E-state index in [1.165, 1.54) is 10.9 Å². The molecule has 0 aliphatic heterocycles. The van der Waals surface area contributed by atoms with Crippen molar-refractivity contribution in [1.82, 2.24) is 9.78 Å². The molecule has 2 rings (SSSR count). The van der Waals surface area contributed by atoms with E-state index >= 15 is 0 Å². The van der Waals surface area contributed by atoms with E-state index in [1.54, 1.807) is 14.0 Å². The van der Waals surface area contributed by atoms with Gasteiger partial charge < -0.3 is 4.74 Å². The lowest BCUT2D eigenvalue weighted by molar-refractivity contribution is 0.0527. The predicted octanol–water partition coefficient (Wildman–Crippen LogP) is 0.501. The molecule has 0 aromatic carbocycles. The second-order valence-corrected chi connectivity index (χ2v) is 6.06. The van der Waals surface area contributed by atoms with Gasteiger partial charge in [0.25, 0.3) is 0 Å². The molecule has 0 amide bonds. The molecule has 0 unspecified atom stereocenters. The molecule has 18 heavy (non-hydrogen) atoms. The van der Waals surface area contributed by atoms with Gasteiger partial charge in [0.05, 0.1) is 18.1 Å². The summed E-state index contributed by atoms with van der Waals surface area (Å²) in [5.74, 6) is -0.431. The third-order valence-electron chi connectivity index (χ3n) is 2.64. The number of nitrogens with zero attached hydrogens (tertiary/aromatic N) is 2. The van der Waals surface area contributed by atoms with E-state index in [2.05, 4.69) is 9.82 Å². The molecular formula is C10H15N3O4S. The molecule has 0 atom stereocenters. The van der Waals surface area contributed by atoms with Gasteiger partial charge in [-0.05, 0) is 19.8 Å². The first kappa shape index (κ1) is 12.9. The maximum Gasteiger partial charge on any atom is 0.343 e. The molecule has 0 saturated heterocycles. The first-order chi connectivity index (χ1) is 8.45. The summed E-state index contributed by atoms with van der Waals surface area (Å²) in [4.78, 5) is 11.6. The summed E-state index contributed by atoms with van der Waals surface area (Å²) in [6.07, 6.45) is 2.60. The number of esters is 1. The molecule has 1 heterocycles. The minimum atomic E-state index is -3.42. The Morgan fingerprint density at radius 1 is 1.61 bits per heavy atom. The summed E-state index contributed by atoms with van der Waals surface area (Å²) in [6.45, 7) is 1.91. The van der Waals surface area contributed by atoms with Crippen LogP contribution in [-0.4, -0.2) is 36.0 Å². The van der Waals surface area contributed by atoms with Gasteiger partial charge >= 0.3 is 5.97 Å². The van der Waals surface area contributed by atoms with Crippen LogP contribution in [0.4, 0.5) is 5.82 Å². The zero-order chi connectivity index (χ0) is 13.3. The van der Waals surface area contributed by atoms with Gasteiger partial charge in [-0.2, -0.15) is 5.10 Å². The summed E-state index contributed by atoms with van der Waals surface area (Å²) in [7, 11) is -1.86. The van der Waals surface area contributed by atoms with E-state index in [1.807, 2.05) is 0 Å². The Labute approximate surface area is 105 Å². The fourth-order valence-corrected chi connectivity index (χ4v) is 2.95. The fraction of sp³-hybridized carbons (Fsp3) is 0.600. The van der Waals surface area contributed by atoms with Crippen molar-refractivity contribution in [2.45, 2.75) is 25.0 Å². The number of nitrogens with one attached hydrogen (secondary N) is 1. The van der Waals surface area contributed by atoms with Crippen molar-refractivity contribution in [3.05, 3.63) is 11.8 Å². The smallest absolute Gasteiger partial charge is 0.343 e. The lowest BCUT2D eigenvalue weighted by atomic mass is 10.3. The second-order valence-electron chi connectivity index (χ2n) is 4.10. The molecule has 1 aromatic rings. The SMILES string of the molecule is CCOC(=O)c1cnn(C)c1NS(=O)(=O)C1CC1. The van der Waals surface area contributed by atoms with Crippen LogP contribution in [0, 0.1) is 0 Å². The average molecular weight is 273 g/mol. The van der Waals surface area contributed by atoms with Gasteiger partial charge in [-0.3, -0.25) is 9.40 Å². The van der Waals surface area contributed by atoms with Crippen LogP contribution in [0.25, 0.3) is 0 Å². The molecule has 7 nitrogen and oxygen atoms in total. The number of hydrogen-bond acceptors (Lipinski definition) is 5. The van der Waals surface area contributed by atoms with Crippen LogP contribution in [-0.2, 0) is 21.8 Å². The number of hydrogen-bond donors (Lipinski definition) is 1. The Morgan fingerprint density at radius 2 is 2.28 bits per heavy atom. The second kappa shape index (κ2) is 4.60. The Morgan fingerprint density at radius 3 is 2.83 bits per heavy atom. The Bertz CT molecular complexity index is 560. The van der Waals surface area contributed by atoms with E-state index < -0.39 is 16.0 Å². The van der Waals surface area contributed by atoms with Crippen molar-refractivity contribution in [2.24, 2.45) is 7.05 Å². The third kappa shape index (κ3) is 2.47. The number of anilines is 1. The first-order valence-electron chi connectivity index (χ1n) is 5.66. The Kier molecular flexibility index (Phi) is 3.29. The first-order valence-corrected chi connectivity index (χ1v) is 7.21. The molecule has 0 bridgehead atoms. The number of sulfonamides is 1. The van der Waals surface area contributed by atoms with Crippen molar-refractivity contribution in [1.29, 1.82) is 0 Å². The Hall–Kier alpha value is -1.57. The summed E-state index contributed by atoms with van der Waals surface area (Å²) >= 11 is 0. The zero-order valence-corrected chi connectivity index (χ0v) is 11.0. The highest BCUT2D eigenvalue weighted by Gasteiger charge is 2.37. The number of aryl methyl sites for hydroxylation is 1. The number of rotatable bonds is 5. The van der Waals surface area contributed by atoms with E-state index in [4.69, 9.17) is 4.74 Å². The zero-order valence-electron chi connectivity index (χ0n) is 10.2. The Balaban J connectivity index is 2.26. The largest absolute Gasteiger partial charge is 0.462 e. The lowest BCUT2D eigenvalue weighted by Gasteiger charge is -2.09. The van der Waals surface area contributed by atoms with Crippen LogP contribution in [0.5, 0.6) is 0 Å². The molecule has 1 aromatic heterocycles. The molecular weight excluding hydrogens is 258 g/mol. The third-order valence-corrected chi connectivity index (χ3v) is 4.46. The predicted molar refractivity (Wildman–Crippen MR) is 64.7 cm³/mol. The number of carbonyl (C=O) groups excluding carboxylic acids is 1. The number of ether oxygens (including phenoxy) is 1. The number of carbonyl (C=O) groups is 1.